The van der Waals surface area contributed by atoms with E-state index >= 15 is 0 Å². The van der Waals surface area contributed by atoms with Gasteiger partial charge in [0.25, 0.3) is 0 Å². The Kier molecular flexibility index (Phi) is 11.4. The Morgan fingerprint density at radius 2 is 1.04 bits per heavy atom. The molecule has 2 atom stereocenters. The van der Waals surface area contributed by atoms with Crippen LogP contribution in [0.15, 0.2) is 116 Å². The molecule has 0 aliphatic rings. The fourth-order valence-electron chi connectivity index (χ4n) is 4.68. The smallest absolute Gasteiger partial charge is 0.408 e. The number of rotatable bonds is 12. The summed E-state index contributed by atoms with van der Waals surface area (Å²) in [6, 6.07) is 31.2. The van der Waals surface area contributed by atoms with Gasteiger partial charge in [0.05, 0.1) is 17.7 Å². The molecule has 49 heavy (non-hydrogen) atoms. The van der Waals surface area contributed by atoms with Crippen LogP contribution in [0.2, 0.25) is 0 Å². The Balaban J connectivity index is 1.11. The first-order valence-electron chi connectivity index (χ1n) is 15.6. The molecule has 1 heterocycles. The van der Waals surface area contributed by atoms with Crippen LogP contribution in [0.4, 0.5) is 21.0 Å². The molecule has 12 heteroatoms. The van der Waals surface area contributed by atoms with Gasteiger partial charge in [0.1, 0.15) is 25.3 Å². The van der Waals surface area contributed by atoms with Crippen LogP contribution in [-0.4, -0.2) is 46.1 Å². The molecule has 250 valence electrons. The molecule has 4 aromatic carbocycles. The molecular weight excluding hydrogens is 624 g/mol. The molecule has 0 saturated carbocycles. The molecule has 0 spiro atoms. The highest BCUT2D eigenvalue weighted by atomic mass is 16.6. The summed E-state index contributed by atoms with van der Waals surface area (Å²) >= 11 is 0. The summed E-state index contributed by atoms with van der Waals surface area (Å²) in [6.07, 6.45) is 0.212. The standard InChI is InChI=1S/C37H36N6O6/c1-24(40-36(46)48-21-26-9-5-3-6-10-26)34(44)42-30-17-13-28(14-18-30)32-33(39-23-38-32)29-15-19-31(20-16-29)43-35(45)25(2)41-37(47)49-22-27-11-7-4-8-12-27/h3-20,23-25H,21-22H2,1-2H3,(H,38,39)(H,40,46)(H,41,47)(H,42,44)(H,43,45). The first kappa shape index (κ1) is 33.9. The van der Waals surface area contributed by atoms with Crippen molar-refractivity contribution in [2.45, 2.75) is 39.1 Å². The molecule has 0 bridgehead atoms. The van der Waals surface area contributed by atoms with E-state index in [2.05, 4.69) is 31.2 Å². The first-order valence-corrected chi connectivity index (χ1v) is 15.6. The number of nitrogens with zero attached hydrogens (tertiary/aromatic N) is 1. The minimum absolute atomic E-state index is 0.102. The number of ether oxygens (including phenoxy) is 2. The third-order valence-electron chi connectivity index (χ3n) is 7.39. The lowest BCUT2D eigenvalue weighted by molar-refractivity contribution is -0.118. The number of alkyl carbamates (subject to hydrolysis) is 2. The molecule has 5 N–H and O–H groups in total. The summed E-state index contributed by atoms with van der Waals surface area (Å²) in [5.41, 5.74) is 5.88. The van der Waals surface area contributed by atoms with Crippen LogP contribution in [0.5, 0.6) is 0 Å². The van der Waals surface area contributed by atoms with Crippen molar-refractivity contribution in [2.75, 3.05) is 10.6 Å². The van der Waals surface area contributed by atoms with Crippen LogP contribution in [0.25, 0.3) is 22.5 Å². The molecule has 0 aliphatic heterocycles. The van der Waals surface area contributed by atoms with E-state index < -0.39 is 36.1 Å². The van der Waals surface area contributed by atoms with Gasteiger partial charge in [-0.25, -0.2) is 14.6 Å². The molecule has 0 fully saturated rings. The van der Waals surface area contributed by atoms with Crippen molar-refractivity contribution in [3.8, 4) is 22.5 Å². The van der Waals surface area contributed by atoms with Crippen LogP contribution >= 0.6 is 0 Å². The SMILES string of the molecule is CC(NC(=O)OCc1ccccc1)C(=O)Nc1ccc(-c2nc[nH]c2-c2ccc(NC(=O)C(C)NC(=O)OCc3ccccc3)cc2)cc1. The zero-order valence-corrected chi connectivity index (χ0v) is 26.9. The third kappa shape index (κ3) is 9.78. The number of hydrogen-bond acceptors (Lipinski definition) is 7. The summed E-state index contributed by atoms with van der Waals surface area (Å²) in [6.45, 7) is 3.35. The van der Waals surface area contributed by atoms with E-state index in [4.69, 9.17) is 9.47 Å². The quantitative estimate of drug-likeness (QED) is 0.106. The highest BCUT2D eigenvalue weighted by molar-refractivity contribution is 5.97. The molecule has 4 amide bonds. The topological polar surface area (TPSA) is 164 Å². The van der Waals surface area contributed by atoms with Crippen LogP contribution in [-0.2, 0) is 32.3 Å². The van der Waals surface area contributed by atoms with Gasteiger partial charge < -0.3 is 35.7 Å². The van der Waals surface area contributed by atoms with Crippen molar-refractivity contribution in [1.29, 1.82) is 0 Å². The van der Waals surface area contributed by atoms with E-state index in [1.54, 1.807) is 44.4 Å². The molecule has 0 aliphatic carbocycles. The van der Waals surface area contributed by atoms with Gasteiger partial charge >= 0.3 is 12.2 Å². The molecule has 2 unspecified atom stereocenters. The third-order valence-corrected chi connectivity index (χ3v) is 7.39. The lowest BCUT2D eigenvalue weighted by Gasteiger charge is -2.15. The number of nitrogens with one attached hydrogen (secondary N) is 5. The number of carbonyl (C=O) groups is 4. The minimum atomic E-state index is -0.824. The normalized spacial score (nSPS) is 11.8. The fraction of sp³-hybridized carbons (Fsp3) is 0.162. The van der Waals surface area contributed by atoms with E-state index in [-0.39, 0.29) is 13.2 Å². The largest absolute Gasteiger partial charge is 0.445 e. The number of anilines is 2. The number of benzene rings is 4. The van der Waals surface area contributed by atoms with E-state index in [0.29, 0.717) is 17.1 Å². The van der Waals surface area contributed by atoms with Crippen LogP contribution in [0.1, 0.15) is 25.0 Å². The molecule has 0 saturated heterocycles. The van der Waals surface area contributed by atoms with E-state index in [9.17, 15) is 19.2 Å². The summed E-state index contributed by atoms with van der Waals surface area (Å²) in [5.74, 6) is -0.794. The second-order valence-corrected chi connectivity index (χ2v) is 11.1. The van der Waals surface area contributed by atoms with Gasteiger partial charge in [0.15, 0.2) is 0 Å². The number of hydrogen-bond donors (Lipinski definition) is 5. The summed E-state index contributed by atoms with van der Waals surface area (Å²) in [4.78, 5) is 57.3. The summed E-state index contributed by atoms with van der Waals surface area (Å²) in [7, 11) is 0. The molecule has 5 rings (SSSR count). The second kappa shape index (κ2) is 16.4. The first-order chi connectivity index (χ1) is 23.7. The Morgan fingerprint density at radius 1 is 0.612 bits per heavy atom. The molecule has 12 nitrogen and oxygen atoms in total. The predicted molar refractivity (Wildman–Crippen MR) is 185 cm³/mol. The second-order valence-electron chi connectivity index (χ2n) is 11.1. The van der Waals surface area contributed by atoms with E-state index in [1.807, 2.05) is 84.9 Å². The fourth-order valence-corrected chi connectivity index (χ4v) is 4.68. The average Bonchev–Trinajstić information content (AvgIpc) is 3.61. The molecule has 0 radical (unpaired) electrons. The maximum Gasteiger partial charge on any atom is 0.408 e. The summed E-state index contributed by atoms with van der Waals surface area (Å²) < 4.78 is 10.4. The Hall–Kier alpha value is -6.43. The maximum absolute atomic E-state index is 12.7. The maximum atomic E-state index is 12.7. The van der Waals surface area contributed by atoms with Crippen molar-refractivity contribution in [1.82, 2.24) is 20.6 Å². The van der Waals surface area contributed by atoms with Gasteiger partial charge in [-0.15, -0.1) is 0 Å². The van der Waals surface area contributed by atoms with Gasteiger partial charge in [-0.3, -0.25) is 9.59 Å². The number of aromatic amines is 1. The zero-order chi connectivity index (χ0) is 34.6. The Bertz CT molecular complexity index is 1730. The monoisotopic (exact) mass is 660 g/mol. The van der Waals surface area contributed by atoms with Crippen LogP contribution in [0.3, 0.4) is 0 Å². The highest BCUT2D eigenvalue weighted by Crippen LogP contribution is 2.30. The lowest BCUT2D eigenvalue weighted by Crippen LogP contribution is -2.41. The summed E-state index contributed by atoms with van der Waals surface area (Å²) in [5, 5.41) is 10.7. The van der Waals surface area contributed by atoms with Crippen molar-refractivity contribution in [2.24, 2.45) is 0 Å². The van der Waals surface area contributed by atoms with Crippen molar-refractivity contribution >= 4 is 35.4 Å². The van der Waals surface area contributed by atoms with Crippen molar-refractivity contribution < 1.29 is 28.7 Å². The molecule has 1 aromatic heterocycles. The highest BCUT2D eigenvalue weighted by Gasteiger charge is 2.19. The number of imidazole rings is 1. The molecular formula is C37H36N6O6. The zero-order valence-electron chi connectivity index (χ0n) is 26.9. The number of aromatic nitrogens is 2. The van der Waals surface area contributed by atoms with Crippen molar-refractivity contribution in [3.63, 3.8) is 0 Å². The number of H-pyrrole nitrogens is 1. The van der Waals surface area contributed by atoms with E-state index in [0.717, 1.165) is 27.9 Å². The van der Waals surface area contributed by atoms with Gasteiger partial charge in [0.2, 0.25) is 11.8 Å². The Labute approximate surface area is 283 Å². The van der Waals surface area contributed by atoms with Crippen LogP contribution < -0.4 is 21.3 Å². The number of amides is 4. The van der Waals surface area contributed by atoms with Gasteiger partial charge in [-0.2, -0.15) is 0 Å². The van der Waals surface area contributed by atoms with Gasteiger partial charge in [-0.1, -0.05) is 84.9 Å². The minimum Gasteiger partial charge on any atom is -0.445 e. The van der Waals surface area contributed by atoms with Crippen molar-refractivity contribution in [3.05, 3.63) is 127 Å². The van der Waals surface area contributed by atoms with Crippen LogP contribution in [0, 0.1) is 0 Å². The average molecular weight is 661 g/mol. The lowest BCUT2D eigenvalue weighted by atomic mass is 10.0. The molecule has 5 aromatic rings. The van der Waals surface area contributed by atoms with E-state index in [1.165, 1.54) is 0 Å². The Morgan fingerprint density at radius 3 is 1.49 bits per heavy atom. The number of carbonyl (C=O) groups excluding carboxylic acids is 4. The predicted octanol–water partition coefficient (Wildman–Crippen LogP) is 6.25. The van der Waals surface area contributed by atoms with Gasteiger partial charge in [0, 0.05) is 22.5 Å². The van der Waals surface area contributed by atoms with Gasteiger partial charge in [-0.05, 0) is 49.2 Å².